The molecule has 0 fully saturated rings. The van der Waals surface area contributed by atoms with Crippen molar-refractivity contribution in [2.24, 2.45) is 0 Å². The van der Waals surface area contributed by atoms with E-state index in [1.807, 2.05) is 24.7 Å². The number of hydrogen-bond acceptors (Lipinski definition) is 4. The summed E-state index contributed by atoms with van der Waals surface area (Å²) in [5, 5.41) is 0. The third-order valence-corrected chi connectivity index (χ3v) is 6.91. The van der Waals surface area contributed by atoms with Gasteiger partial charge in [-0.2, -0.15) is 0 Å². The minimum atomic E-state index is -0.618. The van der Waals surface area contributed by atoms with Crippen LogP contribution in [0.1, 0.15) is 22.4 Å². The average Bonchev–Trinajstić information content (AvgIpc) is 2.89. The number of hydrogen-bond donors (Lipinski definition) is 0. The van der Waals surface area contributed by atoms with Crippen LogP contribution in [0, 0.1) is 0 Å². The first-order valence-electron chi connectivity index (χ1n) is 11.1. The van der Waals surface area contributed by atoms with Crippen LogP contribution in [-0.4, -0.2) is 21.7 Å². The molecule has 0 unspecified atom stereocenters. The van der Waals surface area contributed by atoms with Gasteiger partial charge in [0.1, 0.15) is 0 Å². The van der Waals surface area contributed by atoms with Crippen molar-refractivity contribution in [3.8, 4) is 11.5 Å². The standard InChI is InChI=1S/C28H18BN3O/c1-2-7-19(8-3-1)29-23-10-5-4-9-20(23)28(27-24(29)11-6-14-32-27)21-12-15-30-17-25(21)33-26-18-31-16-13-22(26)28/h1-18H. The molecule has 2 aliphatic rings. The highest BCUT2D eigenvalue weighted by molar-refractivity contribution is 6.96. The van der Waals surface area contributed by atoms with Crippen LogP contribution in [0.25, 0.3) is 0 Å². The molecule has 1 spiro atoms. The van der Waals surface area contributed by atoms with Gasteiger partial charge in [0.2, 0.25) is 6.71 Å². The number of rotatable bonds is 1. The zero-order valence-corrected chi connectivity index (χ0v) is 17.7. The van der Waals surface area contributed by atoms with Gasteiger partial charge in [-0.05, 0) is 29.2 Å². The molecule has 154 valence electrons. The fraction of sp³-hybridized carbons (Fsp3) is 0.0357. The zero-order chi connectivity index (χ0) is 21.8. The maximum Gasteiger partial charge on any atom is 0.244 e. The lowest BCUT2D eigenvalue weighted by Crippen LogP contribution is -2.62. The van der Waals surface area contributed by atoms with Crippen molar-refractivity contribution in [3.05, 3.63) is 132 Å². The first-order valence-corrected chi connectivity index (χ1v) is 11.1. The summed E-state index contributed by atoms with van der Waals surface area (Å²) in [7, 11) is 0. The van der Waals surface area contributed by atoms with E-state index < -0.39 is 5.41 Å². The fourth-order valence-corrected chi connectivity index (χ4v) is 5.71. The Kier molecular flexibility index (Phi) is 3.82. The number of pyridine rings is 3. The second-order valence-corrected chi connectivity index (χ2v) is 8.47. The van der Waals surface area contributed by atoms with E-state index in [9.17, 15) is 0 Å². The predicted molar refractivity (Wildman–Crippen MR) is 129 cm³/mol. The van der Waals surface area contributed by atoms with Crippen molar-refractivity contribution in [1.82, 2.24) is 15.0 Å². The molecule has 0 saturated carbocycles. The molecule has 33 heavy (non-hydrogen) atoms. The van der Waals surface area contributed by atoms with E-state index in [-0.39, 0.29) is 6.71 Å². The van der Waals surface area contributed by atoms with Crippen LogP contribution in [0.5, 0.6) is 11.5 Å². The normalized spacial score (nSPS) is 14.5. The highest BCUT2D eigenvalue weighted by Gasteiger charge is 2.53. The molecule has 7 rings (SSSR count). The van der Waals surface area contributed by atoms with Crippen molar-refractivity contribution >= 4 is 23.1 Å². The molecule has 5 aromatic rings. The summed E-state index contributed by atoms with van der Waals surface area (Å²) in [6.45, 7) is 0.0927. The molecule has 0 N–H and O–H groups in total. The molecule has 0 bridgehead atoms. The maximum atomic E-state index is 6.29. The van der Waals surface area contributed by atoms with Gasteiger partial charge in [0.15, 0.2) is 11.5 Å². The van der Waals surface area contributed by atoms with Crippen LogP contribution >= 0.6 is 0 Å². The van der Waals surface area contributed by atoms with E-state index in [0.29, 0.717) is 0 Å². The first-order chi connectivity index (χ1) is 16.4. The molecule has 5 heteroatoms. The summed E-state index contributed by atoms with van der Waals surface area (Å²) >= 11 is 0. The van der Waals surface area contributed by atoms with Crippen LogP contribution in [0.3, 0.4) is 0 Å². The molecular weight excluding hydrogens is 405 g/mol. The predicted octanol–water partition coefficient (Wildman–Crippen LogP) is 3.19. The third-order valence-electron chi connectivity index (χ3n) is 6.91. The number of nitrogens with zero attached hydrogens (tertiary/aromatic N) is 3. The minimum absolute atomic E-state index is 0.0927. The fourth-order valence-electron chi connectivity index (χ4n) is 5.71. The van der Waals surface area contributed by atoms with E-state index in [1.54, 1.807) is 12.4 Å². The molecule has 0 amide bonds. The summed E-state index contributed by atoms with van der Waals surface area (Å²) in [6, 6.07) is 27.8. The Morgan fingerprint density at radius 3 is 2.03 bits per heavy atom. The Bertz CT molecular complexity index is 1420. The molecule has 0 radical (unpaired) electrons. The monoisotopic (exact) mass is 423 g/mol. The smallest absolute Gasteiger partial charge is 0.244 e. The van der Waals surface area contributed by atoms with Gasteiger partial charge < -0.3 is 4.74 Å². The van der Waals surface area contributed by atoms with Crippen LogP contribution in [0.15, 0.2) is 110 Å². The highest BCUT2D eigenvalue weighted by atomic mass is 16.5. The minimum Gasteiger partial charge on any atom is -0.453 e. The van der Waals surface area contributed by atoms with Crippen molar-refractivity contribution < 1.29 is 4.74 Å². The Morgan fingerprint density at radius 2 is 1.27 bits per heavy atom. The lowest BCUT2D eigenvalue weighted by Gasteiger charge is -2.45. The van der Waals surface area contributed by atoms with Crippen molar-refractivity contribution in [1.29, 1.82) is 0 Å². The quantitative estimate of drug-likeness (QED) is 0.381. The van der Waals surface area contributed by atoms with E-state index in [4.69, 9.17) is 9.72 Å². The van der Waals surface area contributed by atoms with Gasteiger partial charge in [-0.3, -0.25) is 15.0 Å². The van der Waals surface area contributed by atoms with Crippen LogP contribution in [-0.2, 0) is 5.41 Å². The molecule has 5 heterocycles. The van der Waals surface area contributed by atoms with Crippen LogP contribution in [0.4, 0.5) is 0 Å². The third kappa shape index (κ3) is 2.39. The van der Waals surface area contributed by atoms with Gasteiger partial charge in [0.05, 0.1) is 23.5 Å². The van der Waals surface area contributed by atoms with E-state index >= 15 is 0 Å². The molecule has 0 saturated heterocycles. The van der Waals surface area contributed by atoms with Crippen molar-refractivity contribution in [3.63, 3.8) is 0 Å². The van der Waals surface area contributed by atoms with Gasteiger partial charge in [0, 0.05) is 29.7 Å². The van der Waals surface area contributed by atoms with Gasteiger partial charge in [-0.1, -0.05) is 71.6 Å². The van der Waals surface area contributed by atoms with Gasteiger partial charge in [-0.25, -0.2) is 0 Å². The zero-order valence-electron chi connectivity index (χ0n) is 17.7. The van der Waals surface area contributed by atoms with Gasteiger partial charge in [0.25, 0.3) is 0 Å². The SMILES string of the molecule is c1ccc(B2c3ccccc3C3(c4ccncc4Oc4cnccc43)c3ncccc32)cc1. The van der Waals surface area contributed by atoms with Crippen molar-refractivity contribution in [2.75, 3.05) is 0 Å². The Morgan fingerprint density at radius 1 is 0.606 bits per heavy atom. The summed E-state index contributed by atoms with van der Waals surface area (Å²) < 4.78 is 6.29. The summed E-state index contributed by atoms with van der Waals surface area (Å²) in [5.41, 5.74) is 7.46. The lowest BCUT2D eigenvalue weighted by atomic mass is 9.31. The summed E-state index contributed by atoms with van der Waals surface area (Å²) in [5.74, 6) is 1.48. The molecule has 0 atom stereocenters. The Balaban J connectivity index is 1.67. The van der Waals surface area contributed by atoms with Crippen LogP contribution in [0.2, 0.25) is 0 Å². The molecule has 2 aliphatic heterocycles. The molecule has 2 aromatic carbocycles. The molecular formula is C28H18BN3O. The Labute approximate surface area is 192 Å². The number of benzene rings is 2. The number of aromatic nitrogens is 3. The topological polar surface area (TPSA) is 47.9 Å². The second-order valence-electron chi connectivity index (χ2n) is 8.47. The number of ether oxygens (including phenoxy) is 1. The van der Waals surface area contributed by atoms with Gasteiger partial charge >= 0.3 is 0 Å². The number of fused-ring (bicyclic) bond motifs is 8. The maximum absolute atomic E-state index is 6.29. The van der Waals surface area contributed by atoms with Gasteiger partial charge in [-0.15, -0.1) is 0 Å². The van der Waals surface area contributed by atoms with E-state index in [0.717, 1.165) is 28.3 Å². The van der Waals surface area contributed by atoms with E-state index in [1.165, 1.54) is 22.0 Å². The highest BCUT2D eigenvalue weighted by Crippen LogP contribution is 2.54. The largest absolute Gasteiger partial charge is 0.453 e. The lowest BCUT2D eigenvalue weighted by molar-refractivity contribution is 0.428. The Hall–Kier alpha value is -4.25. The van der Waals surface area contributed by atoms with Crippen molar-refractivity contribution in [2.45, 2.75) is 5.41 Å². The van der Waals surface area contributed by atoms with Crippen LogP contribution < -0.4 is 21.1 Å². The van der Waals surface area contributed by atoms with E-state index in [2.05, 4.69) is 82.8 Å². The average molecular weight is 423 g/mol. The first kappa shape index (κ1) is 18.3. The summed E-state index contributed by atoms with van der Waals surface area (Å²) in [4.78, 5) is 13.8. The summed E-state index contributed by atoms with van der Waals surface area (Å²) in [6.07, 6.45) is 9.16. The molecule has 0 aliphatic carbocycles. The second kappa shape index (κ2) is 6.88. The molecule has 3 aromatic heterocycles. The molecule has 4 nitrogen and oxygen atoms in total.